The van der Waals surface area contributed by atoms with Crippen LogP contribution >= 0.6 is 0 Å². The molecule has 1 aromatic carbocycles. The van der Waals surface area contributed by atoms with Crippen molar-refractivity contribution in [3.05, 3.63) is 36.2 Å². The highest BCUT2D eigenvalue weighted by molar-refractivity contribution is 5.60. The first-order chi connectivity index (χ1) is 10.2. The van der Waals surface area contributed by atoms with Crippen LogP contribution in [0.4, 0.5) is 17.3 Å². The van der Waals surface area contributed by atoms with Crippen molar-refractivity contribution in [2.24, 2.45) is 0 Å². The molecule has 0 atom stereocenters. The van der Waals surface area contributed by atoms with Crippen molar-refractivity contribution in [1.29, 1.82) is 0 Å². The van der Waals surface area contributed by atoms with E-state index in [1.54, 1.807) is 7.11 Å². The second-order valence-electron chi connectivity index (χ2n) is 4.82. The molecule has 0 fully saturated rings. The number of nitrogens with zero attached hydrogens (tertiary/aromatic N) is 2. The number of ether oxygens (including phenoxy) is 1. The summed E-state index contributed by atoms with van der Waals surface area (Å²) in [6, 6.07) is 9.68. The van der Waals surface area contributed by atoms with E-state index in [0.717, 1.165) is 48.3 Å². The van der Waals surface area contributed by atoms with E-state index in [4.69, 9.17) is 4.74 Å². The van der Waals surface area contributed by atoms with Gasteiger partial charge in [-0.2, -0.15) is 0 Å². The molecule has 0 aliphatic carbocycles. The first-order valence-electron chi connectivity index (χ1n) is 7.22. The van der Waals surface area contributed by atoms with Gasteiger partial charge in [0.2, 0.25) is 0 Å². The van der Waals surface area contributed by atoms with Crippen molar-refractivity contribution in [3.8, 4) is 5.75 Å². The van der Waals surface area contributed by atoms with Crippen molar-refractivity contribution < 1.29 is 4.74 Å². The second-order valence-corrected chi connectivity index (χ2v) is 4.82. The van der Waals surface area contributed by atoms with Crippen LogP contribution in [0, 0.1) is 6.92 Å². The lowest BCUT2D eigenvalue weighted by atomic mass is 10.3. The fourth-order valence-electron chi connectivity index (χ4n) is 1.96. The van der Waals surface area contributed by atoms with E-state index < -0.39 is 0 Å². The molecule has 5 heteroatoms. The molecule has 1 heterocycles. The molecular weight excluding hydrogens is 264 g/mol. The van der Waals surface area contributed by atoms with Gasteiger partial charge >= 0.3 is 0 Å². The molecule has 0 saturated heterocycles. The fourth-order valence-corrected chi connectivity index (χ4v) is 1.96. The Morgan fingerprint density at radius 1 is 1.14 bits per heavy atom. The summed E-state index contributed by atoms with van der Waals surface area (Å²) in [5.41, 5.74) is 0.937. The van der Waals surface area contributed by atoms with Crippen molar-refractivity contribution in [2.45, 2.75) is 26.7 Å². The zero-order valence-corrected chi connectivity index (χ0v) is 12.8. The quantitative estimate of drug-likeness (QED) is 0.759. The summed E-state index contributed by atoms with van der Waals surface area (Å²) in [5, 5.41) is 6.60. The standard InChI is InChI=1S/C16H22N4O/c1-4-5-9-17-15-11-16(19-12(2)18-15)20-13-7-6-8-14(10-13)21-3/h6-8,10-11H,4-5,9H2,1-3H3,(H2,17,18,19,20). The number of nitrogens with one attached hydrogen (secondary N) is 2. The molecule has 0 spiro atoms. The zero-order chi connectivity index (χ0) is 15.1. The van der Waals surface area contributed by atoms with E-state index in [9.17, 15) is 0 Å². The van der Waals surface area contributed by atoms with E-state index >= 15 is 0 Å². The maximum absolute atomic E-state index is 5.22. The summed E-state index contributed by atoms with van der Waals surface area (Å²) in [7, 11) is 1.66. The van der Waals surface area contributed by atoms with Crippen LogP contribution < -0.4 is 15.4 Å². The highest BCUT2D eigenvalue weighted by atomic mass is 16.5. The summed E-state index contributed by atoms with van der Waals surface area (Å²) in [6.45, 7) is 4.98. The van der Waals surface area contributed by atoms with Crippen molar-refractivity contribution in [3.63, 3.8) is 0 Å². The van der Waals surface area contributed by atoms with Crippen LogP contribution in [-0.4, -0.2) is 23.6 Å². The molecule has 112 valence electrons. The Balaban J connectivity index is 2.11. The number of unbranched alkanes of at least 4 members (excludes halogenated alkanes) is 1. The van der Waals surface area contributed by atoms with Gasteiger partial charge in [0.15, 0.2) is 0 Å². The summed E-state index contributed by atoms with van der Waals surface area (Å²) >= 11 is 0. The molecule has 2 aromatic rings. The summed E-state index contributed by atoms with van der Waals surface area (Å²) < 4.78 is 5.22. The van der Waals surface area contributed by atoms with Crippen LogP contribution in [0.25, 0.3) is 0 Å². The molecule has 2 rings (SSSR count). The van der Waals surface area contributed by atoms with E-state index in [-0.39, 0.29) is 0 Å². The van der Waals surface area contributed by atoms with Gasteiger partial charge in [0.05, 0.1) is 7.11 Å². The lowest BCUT2D eigenvalue weighted by Gasteiger charge is -2.10. The maximum Gasteiger partial charge on any atom is 0.136 e. The number of aryl methyl sites for hydroxylation is 1. The van der Waals surface area contributed by atoms with Crippen LogP contribution in [0.5, 0.6) is 5.75 Å². The van der Waals surface area contributed by atoms with Crippen molar-refractivity contribution in [1.82, 2.24) is 9.97 Å². The Kier molecular flexibility index (Phi) is 5.37. The third-order valence-electron chi connectivity index (χ3n) is 3.02. The van der Waals surface area contributed by atoms with Crippen LogP contribution in [-0.2, 0) is 0 Å². The Bertz CT molecular complexity index is 586. The van der Waals surface area contributed by atoms with Gasteiger partial charge in [-0.25, -0.2) is 9.97 Å². The van der Waals surface area contributed by atoms with Gasteiger partial charge in [0.1, 0.15) is 23.2 Å². The highest BCUT2D eigenvalue weighted by Crippen LogP contribution is 2.21. The number of anilines is 3. The minimum absolute atomic E-state index is 0.738. The average Bonchev–Trinajstić information content (AvgIpc) is 2.47. The van der Waals surface area contributed by atoms with Crippen LogP contribution in [0.15, 0.2) is 30.3 Å². The first kappa shape index (κ1) is 15.1. The van der Waals surface area contributed by atoms with E-state index in [1.807, 2.05) is 37.3 Å². The third-order valence-corrected chi connectivity index (χ3v) is 3.02. The molecule has 1 aromatic heterocycles. The Morgan fingerprint density at radius 2 is 1.95 bits per heavy atom. The minimum Gasteiger partial charge on any atom is -0.497 e. The smallest absolute Gasteiger partial charge is 0.136 e. The normalized spacial score (nSPS) is 10.2. The number of hydrogen-bond acceptors (Lipinski definition) is 5. The molecule has 2 N–H and O–H groups in total. The molecule has 0 bridgehead atoms. The Morgan fingerprint density at radius 3 is 2.71 bits per heavy atom. The predicted molar refractivity (Wildman–Crippen MR) is 86.4 cm³/mol. The lowest BCUT2D eigenvalue weighted by Crippen LogP contribution is -2.06. The molecule has 0 aliphatic heterocycles. The molecule has 0 saturated carbocycles. The van der Waals surface area contributed by atoms with Crippen LogP contribution in [0.2, 0.25) is 0 Å². The fraction of sp³-hybridized carbons (Fsp3) is 0.375. The predicted octanol–water partition coefficient (Wildman–Crippen LogP) is 3.75. The lowest BCUT2D eigenvalue weighted by molar-refractivity contribution is 0.415. The van der Waals surface area contributed by atoms with Gasteiger partial charge in [-0.1, -0.05) is 19.4 Å². The molecular formula is C16H22N4O. The first-order valence-corrected chi connectivity index (χ1v) is 7.22. The minimum atomic E-state index is 0.738. The van der Waals surface area contributed by atoms with Crippen LogP contribution in [0.3, 0.4) is 0 Å². The molecule has 0 unspecified atom stereocenters. The van der Waals surface area contributed by atoms with Gasteiger partial charge in [-0.3, -0.25) is 0 Å². The van der Waals surface area contributed by atoms with Gasteiger partial charge in [-0.05, 0) is 25.5 Å². The highest BCUT2D eigenvalue weighted by Gasteiger charge is 2.03. The Labute approximate surface area is 125 Å². The van der Waals surface area contributed by atoms with Gasteiger partial charge in [0.25, 0.3) is 0 Å². The number of hydrogen-bond donors (Lipinski definition) is 2. The van der Waals surface area contributed by atoms with Gasteiger partial charge in [-0.15, -0.1) is 0 Å². The van der Waals surface area contributed by atoms with Crippen molar-refractivity contribution in [2.75, 3.05) is 24.3 Å². The number of rotatable bonds is 7. The third kappa shape index (κ3) is 4.63. The number of methoxy groups -OCH3 is 1. The van der Waals surface area contributed by atoms with Gasteiger partial charge in [0, 0.05) is 24.4 Å². The SMILES string of the molecule is CCCCNc1cc(Nc2cccc(OC)c2)nc(C)n1. The van der Waals surface area contributed by atoms with E-state index in [0.29, 0.717) is 0 Å². The van der Waals surface area contributed by atoms with E-state index in [1.165, 1.54) is 0 Å². The maximum atomic E-state index is 5.22. The van der Waals surface area contributed by atoms with Gasteiger partial charge < -0.3 is 15.4 Å². The number of aromatic nitrogens is 2. The van der Waals surface area contributed by atoms with Crippen molar-refractivity contribution >= 4 is 17.3 Å². The summed E-state index contributed by atoms with van der Waals surface area (Å²) in [5.74, 6) is 3.17. The average molecular weight is 286 g/mol. The second kappa shape index (κ2) is 7.47. The Hall–Kier alpha value is -2.30. The monoisotopic (exact) mass is 286 g/mol. The summed E-state index contributed by atoms with van der Waals surface area (Å²) in [6.07, 6.45) is 2.29. The summed E-state index contributed by atoms with van der Waals surface area (Å²) in [4.78, 5) is 8.80. The molecule has 0 amide bonds. The molecule has 5 nitrogen and oxygen atoms in total. The molecule has 21 heavy (non-hydrogen) atoms. The van der Waals surface area contributed by atoms with E-state index in [2.05, 4.69) is 27.5 Å². The van der Waals surface area contributed by atoms with Crippen LogP contribution in [0.1, 0.15) is 25.6 Å². The topological polar surface area (TPSA) is 59.1 Å². The molecule has 0 aliphatic rings. The zero-order valence-electron chi connectivity index (χ0n) is 12.8. The largest absolute Gasteiger partial charge is 0.497 e. The molecule has 0 radical (unpaired) electrons. The number of benzene rings is 1.